The highest BCUT2D eigenvalue weighted by atomic mass is 19.1. The molecule has 0 aliphatic rings. The van der Waals surface area contributed by atoms with Crippen LogP contribution in [-0.2, 0) is 22.5 Å². The Labute approximate surface area is 145 Å². The molecule has 1 aromatic carbocycles. The normalized spacial score (nSPS) is 10.5. The van der Waals surface area contributed by atoms with Crippen LogP contribution in [0.3, 0.4) is 0 Å². The van der Waals surface area contributed by atoms with Gasteiger partial charge in [0.2, 0.25) is 0 Å². The summed E-state index contributed by atoms with van der Waals surface area (Å²) in [6.45, 7) is 5.95. The summed E-state index contributed by atoms with van der Waals surface area (Å²) in [7, 11) is 1.32. The monoisotopic (exact) mass is 344 g/mol. The molecule has 0 saturated carbocycles. The van der Waals surface area contributed by atoms with Crippen LogP contribution < -0.4 is 5.73 Å². The molecule has 2 aromatic rings. The lowest BCUT2D eigenvalue weighted by Crippen LogP contribution is -2.13. The van der Waals surface area contributed by atoms with Crippen LogP contribution in [0.4, 0.5) is 4.39 Å². The third-order valence-corrected chi connectivity index (χ3v) is 4.10. The molecule has 0 fully saturated rings. The van der Waals surface area contributed by atoms with E-state index < -0.39 is 11.7 Å². The molecule has 25 heavy (non-hydrogen) atoms. The van der Waals surface area contributed by atoms with Gasteiger partial charge in [0.1, 0.15) is 5.82 Å². The van der Waals surface area contributed by atoms with E-state index in [9.17, 15) is 14.0 Å². The van der Waals surface area contributed by atoms with Gasteiger partial charge < -0.3 is 15.0 Å². The average molecular weight is 344 g/mol. The van der Waals surface area contributed by atoms with Crippen molar-refractivity contribution < 1.29 is 18.7 Å². The molecular formula is C19H21FN2O3. The number of amides is 1. The largest absolute Gasteiger partial charge is 0.469 e. The number of benzene rings is 1. The lowest BCUT2D eigenvalue weighted by Gasteiger charge is -2.11. The van der Waals surface area contributed by atoms with Gasteiger partial charge in [0.25, 0.3) is 5.91 Å². The minimum Gasteiger partial charge on any atom is -0.469 e. The van der Waals surface area contributed by atoms with Gasteiger partial charge in [0, 0.05) is 23.5 Å². The lowest BCUT2D eigenvalue weighted by atomic mass is 9.98. The minimum absolute atomic E-state index is 0.137. The van der Waals surface area contributed by atoms with Gasteiger partial charge in [-0.05, 0) is 31.0 Å². The summed E-state index contributed by atoms with van der Waals surface area (Å²) in [5.41, 5.74) is 8.39. The second-order valence-corrected chi connectivity index (χ2v) is 5.63. The topological polar surface area (TPSA) is 74.3 Å². The number of methoxy groups -OCH3 is 1. The number of nitrogens with zero attached hydrogens (tertiary/aromatic N) is 1. The lowest BCUT2D eigenvalue weighted by molar-refractivity contribution is -0.140. The van der Waals surface area contributed by atoms with Gasteiger partial charge in [0.15, 0.2) is 0 Å². The number of hydrogen-bond acceptors (Lipinski definition) is 3. The van der Waals surface area contributed by atoms with Crippen molar-refractivity contribution in [2.75, 3.05) is 7.11 Å². The van der Waals surface area contributed by atoms with E-state index in [0.717, 1.165) is 5.69 Å². The summed E-state index contributed by atoms with van der Waals surface area (Å²) >= 11 is 0. The summed E-state index contributed by atoms with van der Waals surface area (Å²) in [4.78, 5) is 23.6. The van der Waals surface area contributed by atoms with Crippen molar-refractivity contribution in [3.8, 4) is 11.1 Å². The zero-order valence-electron chi connectivity index (χ0n) is 14.3. The maximum Gasteiger partial charge on any atom is 0.305 e. The molecule has 0 atom stereocenters. The van der Waals surface area contributed by atoms with E-state index in [1.54, 1.807) is 25.1 Å². The van der Waals surface area contributed by atoms with Crippen LogP contribution in [0.25, 0.3) is 11.1 Å². The van der Waals surface area contributed by atoms with Gasteiger partial charge in [-0.1, -0.05) is 18.2 Å². The van der Waals surface area contributed by atoms with Crippen LogP contribution in [0.15, 0.2) is 36.9 Å². The molecule has 1 aromatic heterocycles. The molecule has 132 valence electrons. The Kier molecular flexibility index (Phi) is 5.75. The molecule has 2 N–H and O–H groups in total. The van der Waals surface area contributed by atoms with Crippen molar-refractivity contribution in [1.29, 1.82) is 0 Å². The molecule has 5 nitrogen and oxygen atoms in total. The Hall–Kier alpha value is -2.89. The van der Waals surface area contributed by atoms with E-state index in [1.807, 2.05) is 4.57 Å². The molecule has 1 heterocycles. The fourth-order valence-electron chi connectivity index (χ4n) is 3.01. The van der Waals surface area contributed by atoms with Gasteiger partial charge in [-0.3, -0.25) is 9.59 Å². The summed E-state index contributed by atoms with van der Waals surface area (Å²) in [6.07, 6.45) is 2.16. The maximum atomic E-state index is 13.7. The van der Waals surface area contributed by atoms with Crippen LogP contribution in [0.2, 0.25) is 0 Å². The predicted octanol–water partition coefficient (Wildman–Crippen LogP) is 2.99. The molecule has 0 unspecified atom stereocenters. The van der Waals surface area contributed by atoms with Crippen molar-refractivity contribution >= 4 is 11.9 Å². The number of nitrogens with two attached hydrogens (primary N) is 1. The Morgan fingerprint density at radius 2 is 2.12 bits per heavy atom. The second kappa shape index (κ2) is 7.79. The van der Waals surface area contributed by atoms with Gasteiger partial charge in [-0.15, -0.1) is 6.58 Å². The van der Waals surface area contributed by atoms with Crippen molar-refractivity contribution in [2.45, 2.75) is 26.3 Å². The molecule has 0 bridgehead atoms. The number of carbonyl (C=O) groups is 2. The smallest absolute Gasteiger partial charge is 0.305 e. The average Bonchev–Trinajstić information content (AvgIpc) is 2.85. The third kappa shape index (κ3) is 3.79. The van der Waals surface area contributed by atoms with Crippen LogP contribution in [0.5, 0.6) is 0 Å². The van der Waals surface area contributed by atoms with Crippen LogP contribution >= 0.6 is 0 Å². The summed E-state index contributed by atoms with van der Waals surface area (Å²) in [5.74, 6) is -1.38. The second-order valence-electron chi connectivity index (χ2n) is 5.63. The fraction of sp³-hybridized carbons (Fsp3) is 0.263. The number of aromatic nitrogens is 1. The van der Waals surface area contributed by atoms with E-state index in [4.69, 9.17) is 10.5 Å². The Balaban J connectivity index is 2.71. The number of allylic oxidation sites excluding steroid dienone is 1. The number of esters is 1. The molecule has 0 radical (unpaired) electrons. The molecule has 2 rings (SSSR count). The van der Waals surface area contributed by atoms with Crippen molar-refractivity contribution in [3.05, 3.63) is 59.7 Å². The van der Waals surface area contributed by atoms with E-state index in [0.29, 0.717) is 35.3 Å². The van der Waals surface area contributed by atoms with Crippen molar-refractivity contribution in [2.24, 2.45) is 5.73 Å². The molecular weight excluding hydrogens is 323 g/mol. The summed E-state index contributed by atoms with van der Waals surface area (Å²) in [5, 5.41) is 0. The van der Waals surface area contributed by atoms with Crippen molar-refractivity contribution in [1.82, 2.24) is 4.57 Å². The summed E-state index contributed by atoms with van der Waals surface area (Å²) < 4.78 is 20.3. The zero-order valence-corrected chi connectivity index (χ0v) is 14.3. The first-order chi connectivity index (χ1) is 11.9. The highest BCUT2D eigenvalue weighted by Crippen LogP contribution is 2.34. The number of ether oxygens (including phenoxy) is 1. The van der Waals surface area contributed by atoms with Gasteiger partial charge in [-0.25, -0.2) is 4.39 Å². The molecule has 0 aliphatic heterocycles. The Morgan fingerprint density at radius 1 is 1.40 bits per heavy atom. The Bertz CT molecular complexity index is 824. The zero-order chi connectivity index (χ0) is 18.6. The standard InChI is InChI=1S/C19H21FN2O3/c1-4-10-22-12(2)17(19(21)24)18(13-6-5-7-14(20)11-13)15(22)8-9-16(23)25-3/h4-7,11H,1,8-10H2,2-3H3,(H2,21,24). The first-order valence-corrected chi connectivity index (χ1v) is 7.86. The first kappa shape index (κ1) is 18.4. The van der Waals surface area contributed by atoms with E-state index >= 15 is 0 Å². The van der Waals surface area contributed by atoms with Gasteiger partial charge >= 0.3 is 5.97 Å². The van der Waals surface area contributed by atoms with Crippen LogP contribution in [0.1, 0.15) is 28.2 Å². The molecule has 0 aliphatic carbocycles. The number of hydrogen-bond donors (Lipinski definition) is 1. The van der Waals surface area contributed by atoms with Gasteiger partial charge in [0.05, 0.1) is 19.1 Å². The highest BCUT2D eigenvalue weighted by Gasteiger charge is 2.25. The van der Waals surface area contributed by atoms with E-state index in [2.05, 4.69) is 6.58 Å². The molecule has 0 spiro atoms. The minimum atomic E-state index is -0.598. The van der Waals surface area contributed by atoms with Crippen molar-refractivity contribution in [3.63, 3.8) is 0 Å². The van der Waals surface area contributed by atoms with Crippen LogP contribution in [0, 0.1) is 12.7 Å². The van der Waals surface area contributed by atoms with Gasteiger partial charge in [-0.2, -0.15) is 0 Å². The highest BCUT2D eigenvalue weighted by molar-refractivity contribution is 6.02. The third-order valence-electron chi connectivity index (χ3n) is 4.10. The number of rotatable bonds is 7. The first-order valence-electron chi connectivity index (χ1n) is 7.86. The quantitative estimate of drug-likeness (QED) is 0.620. The Morgan fingerprint density at radius 3 is 2.68 bits per heavy atom. The fourth-order valence-corrected chi connectivity index (χ4v) is 3.01. The van der Waals surface area contributed by atoms with E-state index in [-0.39, 0.29) is 12.4 Å². The molecule has 0 saturated heterocycles. The van der Waals surface area contributed by atoms with Crippen LogP contribution in [-0.4, -0.2) is 23.6 Å². The number of carbonyl (C=O) groups excluding carboxylic acids is 2. The molecule has 1 amide bonds. The maximum absolute atomic E-state index is 13.7. The molecule has 6 heteroatoms. The summed E-state index contributed by atoms with van der Waals surface area (Å²) in [6, 6.07) is 5.96. The number of halogens is 1. The predicted molar refractivity (Wildman–Crippen MR) is 93.6 cm³/mol. The number of primary amides is 1. The SMILES string of the molecule is C=CCn1c(C)c(C(N)=O)c(-c2cccc(F)c2)c1CCC(=O)OC. The van der Waals surface area contributed by atoms with E-state index in [1.165, 1.54) is 19.2 Å².